The van der Waals surface area contributed by atoms with Crippen molar-refractivity contribution < 1.29 is 0 Å². The standard InChI is InChI=1S/C27H24N2/c1-27-15-7-3-2-4-9-23(27)22-17-19(12-14-26(22)29-27)18-11-13-25-21(16-18)20-8-5-6-10-24(20)28-25/h2-3,5-8,10-17,23,28-29H,4,9H2,1H3/b3-2-,15-7-. The van der Waals surface area contributed by atoms with Crippen LogP contribution in [0.15, 0.2) is 85.0 Å². The smallest absolute Gasteiger partial charge is 0.0600 e. The van der Waals surface area contributed by atoms with Gasteiger partial charge in [-0.05, 0) is 66.8 Å². The number of hydrogen-bond acceptors (Lipinski definition) is 1. The van der Waals surface area contributed by atoms with Crippen LogP contribution in [0.5, 0.6) is 0 Å². The Morgan fingerprint density at radius 2 is 1.69 bits per heavy atom. The number of aromatic nitrogens is 1. The van der Waals surface area contributed by atoms with Gasteiger partial charge in [0.25, 0.3) is 0 Å². The summed E-state index contributed by atoms with van der Waals surface area (Å²) in [5, 5.41) is 6.36. The third kappa shape index (κ3) is 2.56. The van der Waals surface area contributed by atoms with E-state index in [1.165, 1.54) is 50.6 Å². The molecule has 29 heavy (non-hydrogen) atoms. The van der Waals surface area contributed by atoms with Crippen molar-refractivity contribution in [2.45, 2.75) is 31.2 Å². The van der Waals surface area contributed by atoms with Crippen molar-refractivity contribution >= 4 is 27.5 Å². The molecular weight excluding hydrogens is 352 g/mol. The topological polar surface area (TPSA) is 27.8 Å². The second kappa shape index (κ2) is 6.12. The zero-order chi connectivity index (χ0) is 19.4. The largest absolute Gasteiger partial charge is 0.376 e. The van der Waals surface area contributed by atoms with E-state index in [0.717, 1.165) is 6.42 Å². The Balaban J connectivity index is 1.47. The highest BCUT2D eigenvalue weighted by Crippen LogP contribution is 2.47. The number of H-pyrrole nitrogens is 1. The molecule has 142 valence electrons. The second-order valence-corrected chi connectivity index (χ2v) is 8.56. The Bertz CT molecular complexity index is 1310. The second-order valence-electron chi connectivity index (χ2n) is 8.56. The van der Waals surface area contributed by atoms with Gasteiger partial charge in [-0.3, -0.25) is 0 Å². The van der Waals surface area contributed by atoms with Crippen LogP contribution in [0.3, 0.4) is 0 Å². The number of nitrogens with one attached hydrogen (secondary N) is 2. The van der Waals surface area contributed by atoms with Crippen LogP contribution in [0.2, 0.25) is 0 Å². The third-order valence-electron chi connectivity index (χ3n) is 6.71. The summed E-state index contributed by atoms with van der Waals surface area (Å²) in [5.74, 6) is 0.496. The summed E-state index contributed by atoms with van der Waals surface area (Å²) >= 11 is 0. The van der Waals surface area contributed by atoms with Crippen LogP contribution in [0.1, 0.15) is 31.2 Å². The number of aromatic amines is 1. The summed E-state index contributed by atoms with van der Waals surface area (Å²) in [7, 11) is 0. The van der Waals surface area contributed by atoms with Gasteiger partial charge in [0, 0.05) is 33.4 Å². The Labute approximate surface area is 171 Å². The molecule has 1 aromatic heterocycles. The van der Waals surface area contributed by atoms with Crippen LogP contribution in [-0.4, -0.2) is 10.5 Å². The van der Waals surface area contributed by atoms with Crippen molar-refractivity contribution in [3.8, 4) is 11.1 Å². The summed E-state index contributed by atoms with van der Waals surface area (Å²) in [6, 6.07) is 22.3. The molecule has 2 N–H and O–H groups in total. The normalized spacial score (nSPS) is 25.1. The quantitative estimate of drug-likeness (QED) is 0.362. The van der Waals surface area contributed by atoms with Gasteiger partial charge in [0.05, 0.1) is 5.54 Å². The molecule has 3 aromatic carbocycles. The highest BCUT2D eigenvalue weighted by Gasteiger charge is 2.40. The average Bonchev–Trinajstić information content (AvgIpc) is 3.22. The number of hydrogen-bond donors (Lipinski definition) is 2. The molecule has 1 aliphatic carbocycles. The van der Waals surface area contributed by atoms with E-state index in [-0.39, 0.29) is 5.54 Å². The molecule has 2 unspecified atom stereocenters. The molecule has 0 bridgehead atoms. The first-order chi connectivity index (χ1) is 14.2. The maximum atomic E-state index is 3.78. The molecular formula is C27H24N2. The Kier molecular flexibility index (Phi) is 3.52. The summed E-state index contributed by atoms with van der Waals surface area (Å²) in [5.41, 5.74) is 7.69. The molecule has 0 amide bonds. The molecule has 2 heteroatoms. The number of allylic oxidation sites excluding steroid dienone is 3. The van der Waals surface area contributed by atoms with Crippen LogP contribution in [-0.2, 0) is 0 Å². The maximum Gasteiger partial charge on any atom is 0.0600 e. The molecule has 0 saturated heterocycles. The third-order valence-corrected chi connectivity index (χ3v) is 6.71. The zero-order valence-electron chi connectivity index (χ0n) is 16.6. The van der Waals surface area contributed by atoms with Crippen LogP contribution in [0, 0.1) is 0 Å². The van der Waals surface area contributed by atoms with E-state index < -0.39 is 0 Å². The lowest BCUT2D eigenvalue weighted by molar-refractivity contribution is 0.492. The minimum Gasteiger partial charge on any atom is -0.376 e. The fourth-order valence-electron chi connectivity index (χ4n) is 5.18. The van der Waals surface area contributed by atoms with Crippen molar-refractivity contribution in [1.29, 1.82) is 0 Å². The van der Waals surface area contributed by atoms with Crippen molar-refractivity contribution in [1.82, 2.24) is 4.98 Å². The molecule has 1 aliphatic heterocycles. The molecule has 4 aromatic rings. The van der Waals surface area contributed by atoms with Gasteiger partial charge in [-0.15, -0.1) is 0 Å². The molecule has 0 spiro atoms. The van der Waals surface area contributed by atoms with Gasteiger partial charge in [-0.25, -0.2) is 0 Å². The first-order valence-electron chi connectivity index (χ1n) is 10.5. The predicted octanol–water partition coefficient (Wildman–Crippen LogP) is 7.16. The zero-order valence-corrected chi connectivity index (χ0v) is 16.6. The number of fused-ring (bicyclic) bond motifs is 6. The average molecular weight is 377 g/mol. The summed E-state index contributed by atoms with van der Waals surface area (Å²) < 4.78 is 0. The Hall–Kier alpha value is -3.26. The van der Waals surface area contributed by atoms with Crippen molar-refractivity contribution in [3.63, 3.8) is 0 Å². The van der Waals surface area contributed by atoms with E-state index in [1.807, 2.05) is 0 Å². The van der Waals surface area contributed by atoms with E-state index >= 15 is 0 Å². The molecule has 2 nitrogen and oxygen atoms in total. The molecule has 0 saturated carbocycles. The molecule has 2 aliphatic rings. The summed E-state index contributed by atoms with van der Waals surface area (Å²) in [6.07, 6.45) is 11.3. The van der Waals surface area contributed by atoms with E-state index in [1.54, 1.807) is 0 Å². The van der Waals surface area contributed by atoms with Crippen LogP contribution >= 0.6 is 0 Å². The van der Waals surface area contributed by atoms with Crippen molar-refractivity contribution in [3.05, 3.63) is 90.5 Å². The van der Waals surface area contributed by atoms with Gasteiger partial charge in [0.2, 0.25) is 0 Å². The highest BCUT2D eigenvalue weighted by molar-refractivity contribution is 6.08. The first kappa shape index (κ1) is 16.7. The van der Waals surface area contributed by atoms with Gasteiger partial charge in [-0.1, -0.05) is 54.6 Å². The number of para-hydroxylation sites is 1. The van der Waals surface area contributed by atoms with Gasteiger partial charge in [-0.2, -0.15) is 0 Å². The van der Waals surface area contributed by atoms with E-state index in [0.29, 0.717) is 5.92 Å². The lowest BCUT2D eigenvalue weighted by Crippen LogP contribution is -2.33. The van der Waals surface area contributed by atoms with Gasteiger partial charge in [0.1, 0.15) is 0 Å². The molecule has 0 radical (unpaired) electrons. The Morgan fingerprint density at radius 3 is 2.66 bits per heavy atom. The fraction of sp³-hybridized carbons (Fsp3) is 0.185. The Morgan fingerprint density at radius 1 is 0.862 bits per heavy atom. The maximum absolute atomic E-state index is 3.78. The van der Waals surface area contributed by atoms with Crippen LogP contribution in [0.4, 0.5) is 5.69 Å². The molecule has 2 atom stereocenters. The van der Waals surface area contributed by atoms with Crippen LogP contribution < -0.4 is 5.32 Å². The SMILES string of the molecule is CC12/C=C\C=C/CCC1c1cc(-c3ccc4[nH]c5ccccc5c4c3)ccc1N2. The molecule has 6 rings (SSSR count). The van der Waals surface area contributed by atoms with Crippen molar-refractivity contribution in [2.75, 3.05) is 5.32 Å². The first-order valence-corrected chi connectivity index (χ1v) is 10.5. The lowest BCUT2D eigenvalue weighted by Gasteiger charge is -2.30. The summed E-state index contributed by atoms with van der Waals surface area (Å²) in [6.45, 7) is 2.32. The van der Waals surface area contributed by atoms with E-state index in [2.05, 4.69) is 102 Å². The van der Waals surface area contributed by atoms with Crippen molar-refractivity contribution in [2.24, 2.45) is 0 Å². The summed E-state index contributed by atoms with van der Waals surface area (Å²) in [4.78, 5) is 3.53. The van der Waals surface area contributed by atoms with E-state index in [4.69, 9.17) is 0 Å². The van der Waals surface area contributed by atoms with Gasteiger partial charge in [0.15, 0.2) is 0 Å². The van der Waals surface area contributed by atoms with Gasteiger partial charge >= 0.3 is 0 Å². The predicted molar refractivity (Wildman–Crippen MR) is 124 cm³/mol. The lowest BCUT2D eigenvalue weighted by atomic mass is 9.79. The monoisotopic (exact) mass is 376 g/mol. The minimum atomic E-state index is -0.00743. The van der Waals surface area contributed by atoms with Gasteiger partial charge < -0.3 is 10.3 Å². The van der Waals surface area contributed by atoms with E-state index in [9.17, 15) is 0 Å². The molecule has 0 fully saturated rings. The number of anilines is 1. The number of rotatable bonds is 1. The van der Waals surface area contributed by atoms with Crippen LogP contribution in [0.25, 0.3) is 32.9 Å². The number of benzene rings is 3. The molecule has 2 heterocycles. The highest BCUT2D eigenvalue weighted by atomic mass is 15.0. The fourth-order valence-corrected chi connectivity index (χ4v) is 5.18. The minimum absolute atomic E-state index is 0.00743.